The molecular formula is C40H29ClN2. The van der Waals surface area contributed by atoms with Crippen molar-refractivity contribution < 1.29 is 0 Å². The average molecular weight is 573 g/mol. The fraction of sp³-hybridized carbons (Fsp3) is 0.100. The van der Waals surface area contributed by atoms with Crippen LogP contribution < -0.4 is 15.3 Å². The highest BCUT2D eigenvalue weighted by Crippen LogP contribution is 2.56. The van der Waals surface area contributed by atoms with Gasteiger partial charge in [-0.2, -0.15) is 0 Å². The fourth-order valence-corrected chi connectivity index (χ4v) is 7.84. The third-order valence-electron chi connectivity index (χ3n) is 9.62. The van der Waals surface area contributed by atoms with Gasteiger partial charge in [0.15, 0.2) is 0 Å². The van der Waals surface area contributed by atoms with E-state index in [0.717, 1.165) is 22.5 Å². The van der Waals surface area contributed by atoms with Gasteiger partial charge >= 0.3 is 0 Å². The Morgan fingerprint density at radius 1 is 0.698 bits per heavy atom. The Balaban J connectivity index is 1.46. The molecule has 43 heavy (non-hydrogen) atoms. The molecule has 0 fully saturated rings. The predicted molar refractivity (Wildman–Crippen MR) is 182 cm³/mol. The molecule has 206 valence electrons. The predicted octanol–water partition coefficient (Wildman–Crippen LogP) is 9.30. The summed E-state index contributed by atoms with van der Waals surface area (Å²) < 4.78 is 2.45. The van der Waals surface area contributed by atoms with Crippen molar-refractivity contribution in [3.05, 3.63) is 148 Å². The lowest BCUT2D eigenvalue weighted by Gasteiger charge is -2.32. The average Bonchev–Trinajstić information content (AvgIpc) is 3.50. The highest BCUT2D eigenvalue weighted by molar-refractivity contribution is 6.32. The van der Waals surface area contributed by atoms with Crippen molar-refractivity contribution in [2.45, 2.75) is 25.7 Å². The summed E-state index contributed by atoms with van der Waals surface area (Å²) in [6, 6.07) is 44.2. The number of aromatic nitrogens is 1. The van der Waals surface area contributed by atoms with Crippen LogP contribution in [0.1, 0.15) is 24.5 Å². The molecule has 0 bridgehead atoms. The Kier molecular flexibility index (Phi) is 5.10. The number of fused-ring (bicyclic) bond motifs is 9. The van der Waals surface area contributed by atoms with Crippen LogP contribution >= 0.6 is 11.6 Å². The van der Waals surface area contributed by atoms with Crippen LogP contribution in [0.5, 0.6) is 0 Å². The summed E-state index contributed by atoms with van der Waals surface area (Å²) in [6.45, 7) is 4.62. The molecule has 1 aliphatic heterocycles. The van der Waals surface area contributed by atoms with Crippen LogP contribution in [-0.4, -0.2) is 4.57 Å². The van der Waals surface area contributed by atoms with Crippen LogP contribution in [0.4, 0.5) is 11.4 Å². The lowest BCUT2D eigenvalue weighted by Crippen LogP contribution is -2.41. The maximum absolute atomic E-state index is 6.45. The standard InChI is InChI=1S/C40H29ClN2/c1-25-13-16-32-27(21-25)19-20-40(2)35-23-34-33-17-14-26-22-28(41)15-18-31(26)38(33)42(29-9-5-3-6-10-29)36(34)24-37(35)43(39(32)40)30-11-7-4-8-12-30/h3-19,21-24H,20H2,1-2H3. The minimum atomic E-state index is -0.160. The molecule has 7 aromatic rings. The molecule has 2 heterocycles. The highest BCUT2D eigenvalue weighted by Gasteiger charge is 2.46. The first kappa shape index (κ1) is 24.8. The molecule has 1 aromatic heterocycles. The Labute approximate surface area is 255 Å². The Bertz CT molecular complexity index is 2400. The smallest absolute Gasteiger partial charge is 0.0619 e. The molecule has 0 spiro atoms. The molecule has 1 unspecified atom stereocenters. The summed E-state index contributed by atoms with van der Waals surface area (Å²) in [7, 11) is 0. The maximum Gasteiger partial charge on any atom is 0.0619 e. The topological polar surface area (TPSA) is 8.17 Å². The SMILES string of the molecule is Cc1ccc2c(c1)=CCC1(C)C=2N(c2ccccc2)c2cc3c(cc21)c1ccc2cc(Cl)ccc2c1n3-c1ccccc1. The van der Waals surface area contributed by atoms with Gasteiger partial charge in [-0.25, -0.2) is 0 Å². The number of nitrogens with zero attached hydrogens (tertiary/aromatic N) is 2. The fourth-order valence-electron chi connectivity index (χ4n) is 7.66. The third-order valence-corrected chi connectivity index (χ3v) is 9.86. The van der Waals surface area contributed by atoms with Gasteiger partial charge in [0.1, 0.15) is 0 Å². The zero-order valence-corrected chi connectivity index (χ0v) is 24.9. The van der Waals surface area contributed by atoms with Crippen molar-refractivity contribution in [3.8, 4) is 5.69 Å². The van der Waals surface area contributed by atoms with Crippen LogP contribution in [0.25, 0.3) is 50.0 Å². The zero-order valence-electron chi connectivity index (χ0n) is 24.1. The van der Waals surface area contributed by atoms with Crippen LogP contribution in [0, 0.1) is 6.92 Å². The third kappa shape index (κ3) is 3.42. The summed E-state index contributed by atoms with van der Waals surface area (Å²) in [5.74, 6) is 0. The van der Waals surface area contributed by atoms with Crippen molar-refractivity contribution in [2.75, 3.05) is 4.90 Å². The van der Waals surface area contributed by atoms with Gasteiger partial charge in [-0.15, -0.1) is 0 Å². The largest absolute Gasteiger partial charge is 0.312 e. The molecule has 1 aliphatic carbocycles. The molecule has 2 nitrogen and oxygen atoms in total. The van der Waals surface area contributed by atoms with E-state index in [2.05, 4.69) is 145 Å². The summed E-state index contributed by atoms with van der Waals surface area (Å²) in [5.41, 5.74) is 9.91. The quantitative estimate of drug-likeness (QED) is 0.200. The van der Waals surface area contributed by atoms with Crippen molar-refractivity contribution in [1.29, 1.82) is 0 Å². The molecule has 0 radical (unpaired) electrons. The van der Waals surface area contributed by atoms with Gasteiger partial charge in [0.2, 0.25) is 0 Å². The Hall–Kier alpha value is -4.79. The second-order valence-corrected chi connectivity index (χ2v) is 12.7. The van der Waals surface area contributed by atoms with E-state index in [1.54, 1.807) is 0 Å². The first-order chi connectivity index (χ1) is 21.0. The summed E-state index contributed by atoms with van der Waals surface area (Å²) in [6.07, 6.45) is 3.40. The van der Waals surface area contributed by atoms with Gasteiger partial charge in [-0.1, -0.05) is 96.0 Å². The first-order valence-electron chi connectivity index (χ1n) is 14.9. The van der Waals surface area contributed by atoms with E-state index < -0.39 is 0 Å². The minimum Gasteiger partial charge on any atom is -0.312 e. The van der Waals surface area contributed by atoms with E-state index in [9.17, 15) is 0 Å². The van der Waals surface area contributed by atoms with E-state index in [4.69, 9.17) is 11.6 Å². The number of hydrogen-bond donors (Lipinski definition) is 0. The summed E-state index contributed by atoms with van der Waals surface area (Å²) in [5, 5.41) is 8.30. The highest BCUT2D eigenvalue weighted by atomic mass is 35.5. The number of aryl methyl sites for hydroxylation is 1. The maximum atomic E-state index is 6.45. The number of para-hydroxylation sites is 2. The Morgan fingerprint density at radius 2 is 1.44 bits per heavy atom. The van der Waals surface area contributed by atoms with Gasteiger partial charge in [-0.05, 0) is 85.0 Å². The van der Waals surface area contributed by atoms with Gasteiger partial charge in [0.05, 0.1) is 16.7 Å². The number of benzene rings is 6. The van der Waals surface area contributed by atoms with Crippen molar-refractivity contribution >= 4 is 67.3 Å². The van der Waals surface area contributed by atoms with Gasteiger partial charge in [-0.3, -0.25) is 0 Å². The molecule has 3 heteroatoms. The lowest BCUT2D eigenvalue weighted by atomic mass is 9.75. The zero-order chi connectivity index (χ0) is 28.9. The van der Waals surface area contributed by atoms with E-state index in [1.807, 2.05) is 6.07 Å². The van der Waals surface area contributed by atoms with Crippen LogP contribution in [0.2, 0.25) is 5.02 Å². The second kappa shape index (κ2) is 8.86. The molecule has 6 aromatic carbocycles. The van der Waals surface area contributed by atoms with Crippen molar-refractivity contribution in [2.24, 2.45) is 0 Å². The molecule has 2 aliphatic rings. The van der Waals surface area contributed by atoms with E-state index in [1.165, 1.54) is 65.8 Å². The molecular weight excluding hydrogens is 544 g/mol. The number of anilines is 2. The summed E-state index contributed by atoms with van der Waals surface area (Å²) in [4.78, 5) is 2.53. The van der Waals surface area contributed by atoms with Crippen molar-refractivity contribution in [1.82, 2.24) is 4.57 Å². The molecule has 0 amide bonds. The number of halogens is 1. The van der Waals surface area contributed by atoms with Crippen LogP contribution in [0.15, 0.2) is 121 Å². The van der Waals surface area contributed by atoms with Gasteiger partial charge in [0, 0.05) is 48.9 Å². The number of rotatable bonds is 2. The lowest BCUT2D eigenvalue weighted by molar-refractivity contribution is 0.645. The molecule has 9 rings (SSSR count). The Morgan fingerprint density at radius 3 is 2.23 bits per heavy atom. The molecule has 0 N–H and O–H groups in total. The van der Waals surface area contributed by atoms with Crippen molar-refractivity contribution in [3.63, 3.8) is 0 Å². The van der Waals surface area contributed by atoms with E-state index in [0.29, 0.717) is 0 Å². The van der Waals surface area contributed by atoms with Crippen LogP contribution in [0.3, 0.4) is 0 Å². The van der Waals surface area contributed by atoms with Crippen LogP contribution in [-0.2, 0) is 5.41 Å². The van der Waals surface area contributed by atoms with E-state index >= 15 is 0 Å². The number of hydrogen-bond acceptors (Lipinski definition) is 1. The molecule has 1 atom stereocenters. The summed E-state index contributed by atoms with van der Waals surface area (Å²) >= 11 is 6.45. The normalized spacial score (nSPS) is 17.3. The second-order valence-electron chi connectivity index (χ2n) is 12.2. The monoisotopic (exact) mass is 572 g/mol. The minimum absolute atomic E-state index is 0.160. The molecule has 0 saturated heterocycles. The van der Waals surface area contributed by atoms with E-state index in [-0.39, 0.29) is 5.41 Å². The van der Waals surface area contributed by atoms with Gasteiger partial charge < -0.3 is 9.47 Å². The molecule has 0 saturated carbocycles. The van der Waals surface area contributed by atoms with Gasteiger partial charge in [0.25, 0.3) is 0 Å². The first-order valence-corrected chi connectivity index (χ1v) is 15.3.